The number of hydrogen-bond donors (Lipinski definition) is 1. The Balaban J connectivity index is 2.28. The lowest BCUT2D eigenvalue weighted by molar-refractivity contribution is 0.0369. The predicted molar refractivity (Wildman–Crippen MR) is 94.4 cm³/mol. The van der Waals surface area contributed by atoms with E-state index in [1.54, 1.807) is 0 Å². The number of benzene rings is 1. The largest absolute Gasteiger partial charge is 0.284 e. The number of hydrazine groups is 1. The molecule has 8 heteroatoms. The van der Waals surface area contributed by atoms with Crippen molar-refractivity contribution in [3.63, 3.8) is 0 Å². The third-order valence-corrected chi connectivity index (χ3v) is 6.67. The topological polar surface area (TPSA) is 69.7 Å². The first-order valence-corrected chi connectivity index (χ1v) is 9.77. The molecule has 0 saturated carbocycles. The van der Waals surface area contributed by atoms with Gasteiger partial charge in [-0.1, -0.05) is 18.0 Å². The number of amides is 1. The van der Waals surface area contributed by atoms with Gasteiger partial charge in [0, 0.05) is 31.7 Å². The number of nitrogens with one attached hydrogen (secondary N) is 1. The van der Waals surface area contributed by atoms with Crippen molar-refractivity contribution < 1.29 is 13.2 Å². The molecule has 0 spiro atoms. The van der Waals surface area contributed by atoms with E-state index >= 15 is 0 Å². The van der Waals surface area contributed by atoms with Crippen molar-refractivity contribution >= 4 is 27.5 Å². The van der Waals surface area contributed by atoms with Crippen LogP contribution < -0.4 is 5.43 Å². The molecule has 1 amide bonds. The molecule has 1 aliphatic heterocycles. The lowest BCUT2D eigenvalue weighted by atomic mass is 10.00. The summed E-state index contributed by atoms with van der Waals surface area (Å²) in [6, 6.07) is 4.79. The van der Waals surface area contributed by atoms with E-state index in [-0.39, 0.29) is 33.5 Å². The summed E-state index contributed by atoms with van der Waals surface area (Å²) >= 11 is 6.02. The van der Waals surface area contributed by atoms with E-state index in [2.05, 4.69) is 19.3 Å². The first-order chi connectivity index (χ1) is 11.1. The van der Waals surface area contributed by atoms with Crippen molar-refractivity contribution in [2.24, 2.45) is 0 Å². The molecular formula is C16H24ClN3O3S. The summed E-state index contributed by atoms with van der Waals surface area (Å²) < 4.78 is 25.7. The highest BCUT2D eigenvalue weighted by Gasteiger charge is 2.27. The highest BCUT2D eigenvalue weighted by molar-refractivity contribution is 7.89. The summed E-state index contributed by atoms with van der Waals surface area (Å²) in [5.41, 5.74) is 3.17. The molecule has 1 N–H and O–H groups in total. The molecule has 0 aromatic heterocycles. The lowest BCUT2D eigenvalue weighted by Gasteiger charge is -2.38. The zero-order chi connectivity index (χ0) is 18.1. The normalized spacial score (nSPS) is 22.6. The van der Waals surface area contributed by atoms with Crippen LogP contribution in [0.15, 0.2) is 23.1 Å². The van der Waals surface area contributed by atoms with Gasteiger partial charge in [-0.15, -0.1) is 0 Å². The van der Waals surface area contributed by atoms with Crippen molar-refractivity contribution in [3.8, 4) is 0 Å². The van der Waals surface area contributed by atoms with Gasteiger partial charge in [0.1, 0.15) is 4.90 Å². The van der Waals surface area contributed by atoms with Crippen LogP contribution in [0.5, 0.6) is 0 Å². The minimum atomic E-state index is -3.71. The summed E-state index contributed by atoms with van der Waals surface area (Å²) in [6.07, 6.45) is 3.18. The fourth-order valence-electron chi connectivity index (χ4n) is 2.86. The molecule has 1 aromatic carbocycles. The van der Waals surface area contributed by atoms with E-state index in [4.69, 9.17) is 11.6 Å². The zero-order valence-electron chi connectivity index (χ0n) is 14.4. The van der Waals surface area contributed by atoms with Crippen LogP contribution in [0.2, 0.25) is 5.02 Å². The average molecular weight is 374 g/mol. The Morgan fingerprint density at radius 2 is 1.83 bits per heavy atom. The van der Waals surface area contributed by atoms with E-state index in [1.807, 2.05) is 5.01 Å². The molecule has 1 fully saturated rings. The minimum absolute atomic E-state index is 0.0680. The standard InChI is InChI=1S/C16H24ClN3O3S/c1-11-6-5-7-12(2)20(11)18-16(21)13-8-9-14(17)15(10-13)24(22,23)19(3)4/h8-12H,5-7H2,1-4H3,(H,18,21). The van der Waals surface area contributed by atoms with Gasteiger partial charge in [0.05, 0.1) is 5.02 Å². The van der Waals surface area contributed by atoms with Crippen LogP contribution in [0.3, 0.4) is 0 Å². The molecule has 0 aliphatic carbocycles. The number of carbonyl (C=O) groups excluding carboxylic acids is 1. The van der Waals surface area contributed by atoms with Crippen molar-refractivity contribution in [1.82, 2.24) is 14.7 Å². The second-order valence-electron chi connectivity index (χ2n) is 6.41. The summed E-state index contributed by atoms with van der Waals surface area (Å²) in [7, 11) is -0.858. The van der Waals surface area contributed by atoms with Gasteiger partial charge < -0.3 is 0 Å². The van der Waals surface area contributed by atoms with Crippen LogP contribution in [0.1, 0.15) is 43.5 Å². The number of nitrogens with zero attached hydrogens (tertiary/aromatic N) is 2. The van der Waals surface area contributed by atoms with E-state index in [9.17, 15) is 13.2 Å². The summed E-state index contributed by atoms with van der Waals surface area (Å²) in [5.74, 6) is -0.331. The van der Waals surface area contributed by atoms with Crippen LogP contribution in [0.4, 0.5) is 0 Å². The molecule has 0 radical (unpaired) electrons. The molecule has 2 atom stereocenters. The number of carbonyl (C=O) groups is 1. The summed E-state index contributed by atoms with van der Waals surface area (Å²) in [4.78, 5) is 12.5. The first-order valence-electron chi connectivity index (χ1n) is 7.96. The number of rotatable bonds is 4. The molecule has 1 saturated heterocycles. The molecule has 0 bridgehead atoms. The highest BCUT2D eigenvalue weighted by Crippen LogP contribution is 2.25. The Kier molecular flexibility index (Phi) is 5.91. The molecule has 6 nitrogen and oxygen atoms in total. The molecule has 134 valence electrons. The highest BCUT2D eigenvalue weighted by atomic mass is 35.5. The Labute approximate surface area is 148 Å². The quantitative estimate of drug-likeness (QED) is 0.880. The van der Waals surface area contributed by atoms with Gasteiger partial charge in [0.2, 0.25) is 10.0 Å². The van der Waals surface area contributed by atoms with E-state index in [0.717, 1.165) is 23.6 Å². The molecule has 1 aliphatic rings. The summed E-state index contributed by atoms with van der Waals surface area (Å²) in [6.45, 7) is 4.14. The van der Waals surface area contributed by atoms with Gasteiger partial charge in [-0.2, -0.15) is 0 Å². The second kappa shape index (κ2) is 7.39. The molecule has 1 heterocycles. The lowest BCUT2D eigenvalue weighted by Crippen LogP contribution is -2.54. The maximum absolute atomic E-state index is 12.6. The van der Waals surface area contributed by atoms with Crippen LogP contribution >= 0.6 is 11.6 Å². The van der Waals surface area contributed by atoms with Gasteiger partial charge in [-0.25, -0.2) is 17.7 Å². The maximum atomic E-state index is 12.6. The smallest absolute Gasteiger partial charge is 0.265 e. The Bertz CT molecular complexity index is 711. The van der Waals surface area contributed by atoms with Gasteiger partial charge in [-0.3, -0.25) is 10.2 Å². The monoisotopic (exact) mass is 373 g/mol. The van der Waals surface area contributed by atoms with Crippen molar-refractivity contribution in [2.45, 2.75) is 50.1 Å². The Morgan fingerprint density at radius 1 is 1.25 bits per heavy atom. The van der Waals surface area contributed by atoms with Crippen LogP contribution in [0.25, 0.3) is 0 Å². The fraction of sp³-hybridized carbons (Fsp3) is 0.562. The number of hydrogen-bond acceptors (Lipinski definition) is 4. The Morgan fingerprint density at radius 3 is 2.38 bits per heavy atom. The minimum Gasteiger partial charge on any atom is -0.284 e. The van der Waals surface area contributed by atoms with Gasteiger partial charge >= 0.3 is 0 Å². The average Bonchev–Trinajstić information content (AvgIpc) is 2.51. The van der Waals surface area contributed by atoms with E-state index < -0.39 is 10.0 Å². The SMILES string of the molecule is CC1CCCC(C)N1NC(=O)c1ccc(Cl)c(S(=O)(=O)N(C)C)c1. The molecular weight excluding hydrogens is 350 g/mol. The van der Waals surface area contributed by atoms with E-state index in [1.165, 1.54) is 32.3 Å². The van der Waals surface area contributed by atoms with Crippen LogP contribution in [0, 0.1) is 0 Å². The predicted octanol–water partition coefficient (Wildman–Crippen LogP) is 2.50. The number of sulfonamides is 1. The Hall–Kier alpha value is -1.15. The van der Waals surface area contributed by atoms with Gasteiger partial charge in [0.15, 0.2) is 0 Å². The summed E-state index contributed by atoms with van der Waals surface area (Å²) in [5, 5.41) is 2.04. The van der Waals surface area contributed by atoms with Gasteiger partial charge in [0.25, 0.3) is 5.91 Å². The van der Waals surface area contributed by atoms with Crippen molar-refractivity contribution in [1.29, 1.82) is 0 Å². The number of piperidine rings is 1. The molecule has 2 unspecified atom stereocenters. The van der Waals surface area contributed by atoms with E-state index in [0.29, 0.717) is 0 Å². The van der Waals surface area contributed by atoms with Gasteiger partial charge in [-0.05, 0) is 44.9 Å². The first kappa shape index (κ1) is 19.2. The second-order valence-corrected chi connectivity index (χ2v) is 8.94. The third kappa shape index (κ3) is 3.91. The number of halogens is 1. The molecule has 24 heavy (non-hydrogen) atoms. The zero-order valence-corrected chi connectivity index (χ0v) is 16.0. The van der Waals surface area contributed by atoms with Crippen molar-refractivity contribution in [2.75, 3.05) is 14.1 Å². The molecule has 2 rings (SSSR count). The van der Waals surface area contributed by atoms with Crippen LogP contribution in [-0.2, 0) is 10.0 Å². The maximum Gasteiger partial charge on any atom is 0.265 e. The fourth-order valence-corrected chi connectivity index (χ4v) is 4.26. The van der Waals surface area contributed by atoms with Crippen LogP contribution in [-0.4, -0.2) is 49.8 Å². The third-order valence-electron chi connectivity index (χ3n) is 4.38. The van der Waals surface area contributed by atoms with Crippen molar-refractivity contribution in [3.05, 3.63) is 28.8 Å². The molecule has 1 aromatic rings.